The minimum absolute atomic E-state index is 0.0468. The van der Waals surface area contributed by atoms with Crippen LogP contribution in [0.25, 0.3) is 22.5 Å². The van der Waals surface area contributed by atoms with Gasteiger partial charge in [-0.25, -0.2) is 0 Å². The van der Waals surface area contributed by atoms with Crippen molar-refractivity contribution in [2.75, 3.05) is 0 Å². The summed E-state index contributed by atoms with van der Waals surface area (Å²) in [4.78, 5) is 19.0. The molecule has 0 unspecified atom stereocenters. The highest BCUT2D eigenvalue weighted by atomic mass is 35.5. The normalized spacial score (nSPS) is 10.8. The van der Waals surface area contributed by atoms with Gasteiger partial charge in [0.05, 0.1) is 11.8 Å². The smallest absolute Gasteiger partial charge is 0.262 e. The van der Waals surface area contributed by atoms with E-state index in [1.165, 1.54) is 6.26 Å². The molecule has 6 heteroatoms. The summed E-state index contributed by atoms with van der Waals surface area (Å²) < 4.78 is 5.17. The Balaban J connectivity index is 2.21. The molecule has 0 atom stereocenters. The van der Waals surface area contributed by atoms with Gasteiger partial charge in [0.15, 0.2) is 0 Å². The molecule has 3 aromatic rings. The number of nitrogens with one attached hydrogen (secondary N) is 1. The average Bonchev–Trinajstić information content (AvgIpc) is 2.86. The monoisotopic (exact) mass is 302 g/mol. The van der Waals surface area contributed by atoms with Gasteiger partial charge in [0, 0.05) is 10.6 Å². The van der Waals surface area contributed by atoms with E-state index in [9.17, 15) is 9.90 Å². The zero-order valence-corrected chi connectivity index (χ0v) is 11.8. The van der Waals surface area contributed by atoms with Gasteiger partial charge < -0.3 is 14.5 Å². The van der Waals surface area contributed by atoms with Crippen molar-refractivity contribution in [3.05, 3.63) is 57.7 Å². The van der Waals surface area contributed by atoms with Gasteiger partial charge >= 0.3 is 0 Å². The molecule has 0 aliphatic carbocycles. The van der Waals surface area contributed by atoms with Crippen LogP contribution >= 0.6 is 11.6 Å². The van der Waals surface area contributed by atoms with Crippen LogP contribution < -0.4 is 5.56 Å². The Bertz CT molecular complexity index is 867. The molecule has 0 radical (unpaired) electrons. The molecule has 5 nitrogen and oxygen atoms in total. The lowest BCUT2D eigenvalue weighted by Gasteiger charge is -2.07. The molecular weight excluding hydrogens is 292 g/mol. The lowest BCUT2D eigenvalue weighted by Crippen LogP contribution is -2.12. The molecule has 0 saturated heterocycles. The number of hydrogen-bond donors (Lipinski definition) is 2. The molecular formula is C15H11ClN2O3. The first kappa shape index (κ1) is 13.5. The Hall–Kier alpha value is -2.53. The van der Waals surface area contributed by atoms with Crippen molar-refractivity contribution in [1.29, 1.82) is 0 Å². The summed E-state index contributed by atoms with van der Waals surface area (Å²) in [5, 5.41) is 10.5. The quantitative estimate of drug-likeness (QED) is 0.760. The number of aromatic amines is 1. The first-order chi connectivity index (χ1) is 10.1. The summed E-state index contributed by atoms with van der Waals surface area (Å²) in [5.41, 5.74) is 0.630. The number of halogens is 1. The lowest BCUT2D eigenvalue weighted by molar-refractivity contribution is 0.454. The van der Waals surface area contributed by atoms with Gasteiger partial charge in [-0.05, 0) is 19.1 Å². The van der Waals surface area contributed by atoms with E-state index in [1.54, 1.807) is 37.3 Å². The van der Waals surface area contributed by atoms with Gasteiger partial charge in [-0.15, -0.1) is 0 Å². The van der Waals surface area contributed by atoms with Crippen LogP contribution in [0.2, 0.25) is 5.02 Å². The van der Waals surface area contributed by atoms with E-state index >= 15 is 0 Å². The SMILES string of the molecule is Cc1occc1-c1nc(O)c(-c2ccccc2Cl)c(=O)[nH]1. The third kappa shape index (κ3) is 2.32. The van der Waals surface area contributed by atoms with Crippen molar-refractivity contribution >= 4 is 11.6 Å². The average molecular weight is 303 g/mol. The van der Waals surface area contributed by atoms with Crippen LogP contribution in [0.15, 0.2) is 45.8 Å². The molecule has 2 heterocycles. The van der Waals surface area contributed by atoms with E-state index in [-0.39, 0.29) is 17.3 Å². The Morgan fingerprint density at radius 2 is 2.00 bits per heavy atom. The molecule has 3 rings (SSSR count). The molecule has 0 spiro atoms. The Morgan fingerprint density at radius 3 is 2.62 bits per heavy atom. The molecule has 0 fully saturated rings. The third-order valence-electron chi connectivity index (χ3n) is 3.16. The summed E-state index contributed by atoms with van der Waals surface area (Å²) in [6, 6.07) is 8.44. The minimum atomic E-state index is -0.466. The van der Waals surface area contributed by atoms with Gasteiger partial charge in [0.25, 0.3) is 5.56 Å². The molecule has 0 amide bonds. The maximum atomic E-state index is 12.3. The fourth-order valence-electron chi connectivity index (χ4n) is 2.13. The summed E-state index contributed by atoms with van der Waals surface area (Å²) in [6.07, 6.45) is 1.49. The largest absolute Gasteiger partial charge is 0.493 e. The van der Waals surface area contributed by atoms with Crippen LogP contribution in [0.3, 0.4) is 0 Å². The molecule has 0 aliphatic rings. The maximum absolute atomic E-state index is 12.3. The van der Waals surface area contributed by atoms with Crippen LogP contribution in [0.1, 0.15) is 5.76 Å². The summed E-state index contributed by atoms with van der Waals surface area (Å²) in [6.45, 7) is 1.74. The topological polar surface area (TPSA) is 79.1 Å². The number of nitrogens with zero attached hydrogens (tertiary/aromatic N) is 1. The molecule has 0 bridgehead atoms. The van der Waals surface area contributed by atoms with E-state index < -0.39 is 5.56 Å². The highest BCUT2D eigenvalue weighted by Crippen LogP contribution is 2.31. The summed E-state index contributed by atoms with van der Waals surface area (Å²) >= 11 is 6.06. The predicted molar refractivity (Wildman–Crippen MR) is 79.4 cm³/mol. The number of H-pyrrole nitrogens is 1. The molecule has 2 N–H and O–H groups in total. The number of hydrogen-bond acceptors (Lipinski definition) is 4. The van der Waals surface area contributed by atoms with Gasteiger partial charge in [-0.3, -0.25) is 4.79 Å². The third-order valence-corrected chi connectivity index (χ3v) is 3.49. The molecule has 1 aromatic carbocycles. The van der Waals surface area contributed by atoms with Crippen molar-refractivity contribution in [2.24, 2.45) is 0 Å². The van der Waals surface area contributed by atoms with Crippen molar-refractivity contribution < 1.29 is 9.52 Å². The Labute approximate surface area is 124 Å². The van der Waals surface area contributed by atoms with Gasteiger partial charge in [-0.2, -0.15) is 4.98 Å². The van der Waals surface area contributed by atoms with E-state index in [2.05, 4.69) is 9.97 Å². The number of benzene rings is 1. The van der Waals surface area contributed by atoms with Crippen LogP contribution in [0.5, 0.6) is 5.88 Å². The lowest BCUT2D eigenvalue weighted by atomic mass is 10.1. The van der Waals surface area contributed by atoms with Gasteiger partial charge in [0.2, 0.25) is 5.88 Å². The van der Waals surface area contributed by atoms with Gasteiger partial charge in [0.1, 0.15) is 17.1 Å². The zero-order valence-electron chi connectivity index (χ0n) is 11.1. The van der Waals surface area contributed by atoms with E-state index in [1.807, 2.05) is 0 Å². The Morgan fingerprint density at radius 1 is 1.24 bits per heavy atom. The van der Waals surface area contributed by atoms with Crippen molar-refractivity contribution in [3.8, 4) is 28.4 Å². The number of rotatable bonds is 2. The molecule has 21 heavy (non-hydrogen) atoms. The second-order valence-electron chi connectivity index (χ2n) is 4.48. The van der Waals surface area contributed by atoms with Crippen LogP contribution in [0, 0.1) is 6.92 Å². The number of furan rings is 1. The number of aryl methyl sites for hydroxylation is 1. The molecule has 0 aliphatic heterocycles. The summed E-state index contributed by atoms with van der Waals surface area (Å²) in [7, 11) is 0. The molecule has 2 aromatic heterocycles. The van der Waals surface area contributed by atoms with Crippen LogP contribution in [-0.2, 0) is 0 Å². The predicted octanol–water partition coefficient (Wildman–Crippen LogP) is 3.36. The molecule has 0 saturated carbocycles. The first-order valence-corrected chi connectivity index (χ1v) is 6.58. The second kappa shape index (κ2) is 5.10. The van der Waals surface area contributed by atoms with E-state index in [0.717, 1.165) is 0 Å². The molecule has 106 valence electrons. The minimum Gasteiger partial charge on any atom is -0.493 e. The highest BCUT2D eigenvalue weighted by Gasteiger charge is 2.17. The van der Waals surface area contributed by atoms with E-state index in [0.29, 0.717) is 21.9 Å². The standard InChI is InChI=1S/C15H11ClN2O3/c1-8-9(6-7-21-8)13-17-14(19)12(15(20)18-13)10-4-2-3-5-11(10)16/h2-7H,1H3,(H2,17,18,19,20). The maximum Gasteiger partial charge on any atom is 0.262 e. The first-order valence-electron chi connectivity index (χ1n) is 6.20. The summed E-state index contributed by atoms with van der Waals surface area (Å²) in [5.74, 6) is 0.477. The van der Waals surface area contributed by atoms with E-state index in [4.69, 9.17) is 16.0 Å². The fraction of sp³-hybridized carbons (Fsp3) is 0.0667. The van der Waals surface area contributed by atoms with Crippen molar-refractivity contribution in [2.45, 2.75) is 6.92 Å². The van der Waals surface area contributed by atoms with Crippen molar-refractivity contribution in [1.82, 2.24) is 9.97 Å². The van der Waals surface area contributed by atoms with Crippen molar-refractivity contribution in [3.63, 3.8) is 0 Å². The number of aromatic nitrogens is 2. The zero-order chi connectivity index (χ0) is 15.0. The number of aromatic hydroxyl groups is 1. The second-order valence-corrected chi connectivity index (χ2v) is 4.89. The van der Waals surface area contributed by atoms with Crippen LogP contribution in [0.4, 0.5) is 0 Å². The van der Waals surface area contributed by atoms with Crippen LogP contribution in [-0.4, -0.2) is 15.1 Å². The van der Waals surface area contributed by atoms with Gasteiger partial charge in [-0.1, -0.05) is 29.8 Å². The fourth-order valence-corrected chi connectivity index (χ4v) is 2.36. The highest BCUT2D eigenvalue weighted by molar-refractivity contribution is 6.33. The Kier molecular flexibility index (Phi) is 3.27.